The third-order valence-electron chi connectivity index (χ3n) is 3.53. The Kier molecular flexibility index (Phi) is 5.12. The molecule has 3 nitrogen and oxygen atoms in total. The van der Waals surface area contributed by atoms with Crippen LogP contribution >= 0.6 is 15.9 Å². The van der Waals surface area contributed by atoms with Gasteiger partial charge < -0.3 is 0 Å². The number of rotatable bonds is 5. The molecule has 0 amide bonds. The van der Waals surface area contributed by atoms with E-state index in [1.165, 1.54) is 11.1 Å². The quantitative estimate of drug-likeness (QED) is 0.413. The number of nitro benzene ring substituents is 1. The molecule has 1 atom stereocenters. The second-order valence-electron chi connectivity index (χ2n) is 5.42. The van der Waals surface area contributed by atoms with Crippen LogP contribution in [0.2, 0.25) is 0 Å². The molecule has 2 rings (SSSR count). The van der Waals surface area contributed by atoms with Crippen LogP contribution in [0.25, 0.3) is 0 Å². The molecule has 1 unspecified atom stereocenters. The van der Waals surface area contributed by atoms with Crippen LogP contribution in [-0.2, 0) is 6.42 Å². The fraction of sp³-hybridized carbons (Fsp3) is 0.294. The molecular formula is C17H18BrNO2. The van der Waals surface area contributed by atoms with Crippen molar-refractivity contribution in [3.63, 3.8) is 0 Å². The molecule has 0 saturated heterocycles. The number of hydrogen-bond donors (Lipinski definition) is 0. The first kappa shape index (κ1) is 15.7. The largest absolute Gasteiger partial charge is 0.269 e. The lowest BCUT2D eigenvalue weighted by Crippen LogP contribution is -1.97. The van der Waals surface area contributed by atoms with Gasteiger partial charge in [0, 0.05) is 17.0 Å². The average Bonchev–Trinajstić information content (AvgIpc) is 2.47. The number of alkyl halides is 1. The van der Waals surface area contributed by atoms with Gasteiger partial charge in [-0.15, -0.1) is 0 Å². The average molecular weight is 348 g/mol. The molecule has 0 aliphatic rings. The highest BCUT2D eigenvalue weighted by atomic mass is 79.9. The van der Waals surface area contributed by atoms with Gasteiger partial charge in [-0.25, -0.2) is 0 Å². The van der Waals surface area contributed by atoms with Gasteiger partial charge in [-0.1, -0.05) is 66.2 Å². The van der Waals surface area contributed by atoms with Gasteiger partial charge in [0.1, 0.15) is 0 Å². The van der Waals surface area contributed by atoms with E-state index in [1.807, 2.05) is 12.1 Å². The Morgan fingerprint density at radius 2 is 1.52 bits per heavy atom. The van der Waals surface area contributed by atoms with E-state index in [-0.39, 0.29) is 15.4 Å². The summed E-state index contributed by atoms with van der Waals surface area (Å²) in [5, 5.41) is 10.6. The van der Waals surface area contributed by atoms with Crippen molar-refractivity contribution in [3.8, 4) is 0 Å². The molecule has 0 aliphatic carbocycles. The summed E-state index contributed by atoms with van der Waals surface area (Å²) in [6, 6.07) is 15.3. The second kappa shape index (κ2) is 6.85. The first-order valence-corrected chi connectivity index (χ1v) is 7.86. The monoisotopic (exact) mass is 347 g/mol. The van der Waals surface area contributed by atoms with E-state index >= 15 is 0 Å². The van der Waals surface area contributed by atoms with Gasteiger partial charge in [0.05, 0.1) is 4.92 Å². The van der Waals surface area contributed by atoms with E-state index < -0.39 is 0 Å². The van der Waals surface area contributed by atoms with Gasteiger partial charge in [-0.3, -0.25) is 10.1 Å². The Morgan fingerprint density at radius 1 is 1.00 bits per heavy atom. The van der Waals surface area contributed by atoms with E-state index in [1.54, 1.807) is 12.1 Å². The SMILES string of the molecule is CC(C)c1ccc(C(Br)Cc2ccc([N+](=O)[O-])cc2)cc1. The molecule has 0 aliphatic heterocycles. The van der Waals surface area contributed by atoms with Crippen molar-refractivity contribution in [2.45, 2.75) is 31.0 Å². The van der Waals surface area contributed by atoms with Crippen LogP contribution in [0.15, 0.2) is 48.5 Å². The van der Waals surface area contributed by atoms with Crippen LogP contribution in [0, 0.1) is 10.1 Å². The summed E-state index contributed by atoms with van der Waals surface area (Å²) in [5.74, 6) is 0.530. The summed E-state index contributed by atoms with van der Waals surface area (Å²) in [7, 11) is 0. The van der Waals surface area contributed by atoms with Gasteiger partial charge in [0.2, 0.25) is 0 Å². The normalized spacial score (nSPS) is 12.4. The van der Waals surface area contributed by atoms with Crippen LogP contribution in [-0.4, -0.2) is 4.92 Å². The van der Waals surface area contributed by atoms with E-state index in [0.29, 0.717) is 5.92 Å². The highest BCUT2D eigenvalue weighted by Gasteiger charge is 2.11. The maximum atomic E-state index is 10.6. The Morgan fingerprint density at radius 3 is 2.00 bits per heavy atom. The lowest BCUT2D eigenvalue weighted by atomic mass is 9.99. The van der Waals surface area contributed by atoms with Crippen molar-refractivity contribution < 1.29 is 4.92 Å². The zero-order valence-electron chi connectivity index (χ0n) is 12.1. The summed E-state index contributed by atoms with van der Waals surface area (Å²) in [5.41, 5.74) is 3.76. The standard InChI is InChI=1S/C17H18BrNO2/c1-12(2)14-5-7-15(8-6-14)17(18)11-13-3-9-16(10-4-13)19(20)21/h3-10,12,17H,11H2,1-2H3. The number of nitro groups is 1. The molecule has 2 aromatic rings. The number of hydrogen-bond acceptors (Lipinski definition) is 2. The zero-order chi connectivity index (χ0) is 15.4. The molecule has 21 heavy (non-hydrogen) atoms. The van der Waals surface area contributed by atoms with Gasteiger partial charge >= 0.3 is 0 Å². The van der Waals surface area contributed by atoms with E-state index in [9.17, 15) is 10.1 Å². The summed E-state index contributed by atoms with van der Waals surface area (Å²) >= 11 is 3.70. The molecule has 0 radical (unpaired) electrons. The van der Waals surface area contributed by atoms with Crippen molar-refractivity contribution in [2.24, 2.45) is 0 Å². The van der Waals surface area contributed by atoms with Crippen LogP contribution < -0.4 is 0 Å². The van der Waals surface area contributed by atoms with Crippen molar-refractivity contribution in [1.82, 2.24) is 0 Å². The first-order valence-electron chi connectivity index (χ1n) is 6.94. The van der Waals surface area contributed by atoms with Gasteiger partial charge in [-0.2, -0.15) is 0 Å². The molecule has 0 N–H and O–H groups in total. The fourth-order valence-corrected chi connectivity index (χ4v) is 2.85. The molecule has 0 aromatic heterocycles. The summed E-state index contributed by atoms with van der Waals surface area (Å²) in [6.07, 6.45) is 0.805. The van der Waals surface area contributed by atoms with Crippen molar-refractivity contribution in [2.75, 3.05) is 0 Å². The maximum absolute atomic E-state index is 10.6. The van der Waals surface area contributed by atoms with Crippen molar-refractivity contribution >= 4 is 21.6 Å². The number of non-ortho nitro benzene ring substituents is 1. The number of benzene rings is 2. The summed E-state index contributed by atoms with van der Waals surface area (Å²) < 4.78 is 0. The first-order chi connectivity index (χ1) is 9.97. The van der Waals surface area contributed by atoms with Gasteiger partial charge in [0.25, 0.3) is 5.69 Å². The summed E-state index contributed by atoms with van der Waals surface area (Å²) in [4.78, 5) is 10.5. The molecule has 2 aromatic carbocycles. The topological polar surface area (TPSA) is 43.1 Å². The summed E-state index contributed by atoms with van der Waals surface area (Å²) in [6.45, 7) is 4.36. The number of nitrogens with zero attached hydrogens (tertiary/aromatic N) is 1. The van der Waals surface area contributed by atoms with E-state index in [4.69, 9.17) is 0 Å². The Hall–Kier alpha value is -1.68. The molecule has 0 saturated carbocycles. The predicted octanol–water partition coefficient (Wildman–Crippen LogP) is 5.40. The van der Waals surface area contributed by atoms with Crippen molar-refractivity contribution in [1.29, 1.82) is 0 Å². The molecule has 0 spiro atoms. The Bertz CT molecular complexity index is 606. The highest BCUT2D eigenvalue weighted by Crippen LogP contribution is 2.28. The zero-order valence-corrected chi connectivity index (χ0v) is 13.7. The molecule has 0 fully saturated rings. The predicted molar refractivity (Wildman–Crippen MR) is 89.0 cm³/mol. The smallest absolute Gasteiger partial charge is 0.258 e. The minimum absolute atomic E-state index is 0.131. The lowest BCUT2D eigenvalue weighted by Gasteiger charge is -2.12. The minimum Gasteiger partial charge on any atom is -0.258 e. The Labute approximate surface area is 133 Å². The lowest BCUT2D eigenvalue weighted by molar-refractivity contribution is -0.384. The molecule has 0 bridgehead atoms. The number of halogens is 1. The van der Waals surface area contributed by atoms with Crippen LogP contribution in [0.4, 0.5) is 5.69 Å². The third-order valence-corrected chi connectivity index (χ3v) is 4.38. The van der Waals surface area contributed by atoms with Crippen LogP contribution in [0.5, 0.6) is 0 Å². The van der Waals surface area contributed by atoms with Crippen LogP contribution in [0.3, 0.4) is 0 Å². The van der Waals surface area contributed by atoms with E-state index in [2.05, 4.69) is 54.0 Å². The fourth-order valence-electron chi connectivity index (χ4n) is 2.17. The van der Waals surface area contributed by atoms with Crippen molar-refractivity contribution in [3.05, 3.63) is 75.3 Å². The molecule has 4 heteroatoms. The molecule has 0 heterocycles. The molecular weight excluding hydrogens is 330 g/mol. The maximum Gasteiger partial charge on any atom is 0.269 e. The van der Waals surface area contributed by atoms with Gasteiger partial charge in [0.15, 0.2) is 0 Å². The minimum atomic E-state index is -0.375. The second-order valence-corrected chi connectivity index (χ2v) is 6.52. The van der Waals surface area contributed by atoms with E-state index in [0.717, 1.165) is 12.0 Å². The Balaban J connectivity index is 2.06. The van der Waals surface area contributed by atoms with Crippen LogP contribution in [0.1, 0.15) is 41.3 Å². The molecule has 110 valence electrons. The third kappa shape index (κ3) is 4.14. The highest BCUT2D eigenvalue weighted by molar-refractivity contribution is 9.09. The van der Waals surface area contributed by atoms with Gasteiger partial charge in [-0.05, 0) is 29.0 Å².